The van der Waals surface area contributed by atoms with Crippen molar-refractivity contribution < 1.29 is 0 Å². The van der Waals surface area contributed by atoms with Gasteiger partial charge >= 0.3 is 0 Å². The van der Waals surface area contributed by atoms with Crippen molar-refractivity contribution in [2.75, 3.05) is 9.80 Å². The van der Waals surface area contributed by atoms with Gasteiger partial charge in [0.05, 0.1) is 16.7 Å². The molecular formula is C84H54BN9. The molecule has 13 aromatic carbocycles. The molecule has 0 saturated carbocycles. The number of fused-ring (bicyclic) bond motifs is 7. The molecule has 94 heavy (non-hydrogen) atoms. The third-order valence-electron chi connectivity index (χ3n) is 18.3. The lowest BCUT2D eigenvalue weighted by atomic mass is 9.33. The normalized spacial score (nSPS) is 12.2. The van der Waals surface area contributed by atoms with Crippen LogP contribution < -0.4 is 26.2 Å². The first-order valence-electron chi connectivity index (χ1n) is 31.7. The first kappa shape index (κ1) is 54.3. The summed E-state index contributed by atoms with van der Waals surface area (Å²) in [5.41, 5.74) is 22.8. The molecule has 9 nitrogen and oxygen atoms in total. The van der Waals surface area contributed by atoms with Gasteiger partial charge in [-0.3, -0.25) is 0 Å². The maximum absolute atomic E-state index is 5.66. The van der Waals surface area contributed by atoms with Crippen LogP contribution in [-0.4, -0.2) is 41.2 Å². The molecule has 10 heteroatoms. The van der Waals surface area contributed by atoms with Crippen molar-refractivity contribution in [2.24, 2.45) is 0 Å². The summed E-state index contributed by atoms with van der Waals surface area (Å²) in [6, 6.07) is 116. The van der Waals surface area contributed by atoms with E-state index in [1.807, 2.05) is 78.9 Å². The second-order valence-corrected chi connectivity index (χ2v) is 23.8. The highest BCUT2D eigenvalue weighted by Crippen LogP contribution is 2.47. The Morgan fingerprint density at radius 3 is 1.16 bits per heavy atom. The second kappa shape index (κ2) is 22.7. The van der Waals surface area contributed by atoms with E-state index in [0.717, 1.165) is 117 Å². The number of rotatable bonds is 11. The number of hydrogen-bond donors (Lipinski definition) is 0. The quantitative estimate of drug-likeness (QED) is 0.118. The van der Waals surface area contributed by atoms with E-state index in [1.54, 1.807) is 0 Å². The molecule has 2 aliphatic rings. The second-order valence-electron chi connectivity index (χ2n) is 23.8. The molecule has 0 fully saturated rings. The number of para-hydroxylation sites is 5. The van der Waals surface area contributed by atoms with Gasteiger partial charge in [0, 0.05) is 78.3 Å². The van der Waals surface area contributed by atoms with Crippen molar-refractivity contribution >= 4 is 79.0 Å². The standard InChI is InChI=1S/C84H54BN9/c1-7-26-55(27-8-1)60-46-48-72-67(51-60)66-40-19-22-43-71(66)94(72)73-49-47-62(83-87-79(56-28-9-2-10-29-56)86-80(88-83)57-30-11-3-12-31-57)52-68(73)84-90-81(58-32-13-4-14-33-58)89-82(91-84)61-35-25-34-59(50-61)63-53-76-78-77(54-63)93(65-38-17-6-18-39-65)75-45-24-21-42-70(75)85(78)69-41-20-23-44-74(69)92(76)64-36-15-5-16-37-64/h1-54H. The molecule has 0 N–H and O–H groups in total. The summed E-state index contributed by atoms with van der Waals surface area (Å²) in [6.07, 6.45) is 0. The fourth-order valence-corrected chi connectivity index (χ4v) is 14.0. The van der Waals surface area contributed by atoms with Gasteiger partial charge < -0.3 is 14.4 Å². The van der Waals surface area contributed by atoms with Crippen LogP contribution in [-0.2, 0) is 0 Å². The molecule has 0 spiro atoms. The van der Waals surface area contributed by atoms with Crippen molar-refractivity contribution in [3.05, 3.63) is 328 Å². The maximum atomic E-state index is 5.66. The summed E-state index contributed by atoms with van der Waals surface area (Å²) in [5, 5.41) is 2.25. The minimum absolute atomic E-state index is 0.0163. The van der Waals surface area contributed by atoms with Gasteiger partial charge in [-0.15, -0.1) is 0 Å². The highest BCUT2D eigenvalue weighted by atomic mass is 15.2. The summed E-state index contributed by atoms with van der Waals surface area (Å²) in [5.74, 6) is 3.19. The van der Waals surface area contributed by atoms with Gasteiger partial charge in [0.25, 0.3) is 6.71 Å². The van der Waals surface area contributed by atoms with E-state index in [0.29, 0.717) is 34.9 Å². The van der Waals surface area contributed by atoms with Gasteiger partial charge in [0.2, 0.25) is 0 Å². The van der Waals surface area contributed by atoms with Crippen molar-refractivity contribution in [3.63, 3.8) is 0 Å². The van der Waals surface area contributed by atoms with E-state index < -0.39 is 0 Å². The zero-order valence-corrected chi connectivity index (χ0v) is 50.8. The number of anilines is 6. The zero-order chi connectivity index (χ0) is 62.1. The van der Waals surface area contributed by atoms with Crippen LogP contribution in [0.5, 0.6) is 0 Å². The predicted molar refractivity (Wildman–Crippen MR) is 385 cm³/mol. The van der Waals surface area contributed by atoms with Gasteiger partial charge in [-0.2, -0.15) is 0 Å². The van der Waals surface area contributed by atoms with Gasteiger partial charge in [-0.1, -0.05) is 237 Å². The van der Waals surface area contributed by atoms with Crippen molar-refractivity contribution in [1.82, 2.24) is 34.5 Å². The minimum atomic E-state index is -0.0163. The Balaban J connectivity index is 0.864. The summed E-state index contributed by atoms with van der Waals surface area (Å²) < 4.78 is 2.35. The van der Waals surface area contributed by atoms with E-state index in [2.05, 4.69) is 263 Å². The van der Waals surface area contributed by atoms with E-state index in [9.17, 15) is 0 Å². The van der Waals surface area contributed by atoms with Gasteiger partial charge in [-0.05, 0) is 130 Å². The van der Waals surface area contributed by atoms with E-state index >= 15 is 0 Å². The lowest BCUT2D eigenvalue weighted by Crippen LogP contribution is -2.61. The molecule has 0 amide bonds. The van der Waals surface area contributed by atoms with Crippen molar-refractivity contribution in [3.8, 4) is 96.3 Å². The van der Waals surface area contributed by atoms with Crippen molar-refractivity contribution in [1.29, 1.82) is 0 Å². The Bertz CT molecular complexity index is 5410. The van der Waals surface area contributed by atoms with Gasteiger partial charge in [0.15, 0.2) is 34.9 Å². The van der Waals surface area contributed by atoms with Crippen LogP contribution in [0.15, 0.2) is 328 Å². The summed E-state index contributed by atoms with van der Waals surface area (Å²) >= 11 is 0. The molecule has 0 radical (unpaired) electrons. The maximum Gasteiger partial charge on any atom is 0.252 e. The van der Waals surface area contributed by atoms with Crippen LogP contribution >= 0.6 is 0 Å². The van der Waals surface area contributed by atoms with Crippen LogP contribution in [0.2, 0.25) is 0 Å². The average Bonchev–Trinajstić information content (AvgIpc) is 0.817. The number of benzene rings is 13. The first-order valence-corrected chi connectivity index (χ1v) is 31.7. The monoisotopic (exact) mass is 1200 g/mol. The number of aromatic nitrogens is 7. The largest absolute Gasteiger partial charge is 0.311 e. The number of hydrogen-bond acceptors (Lipinski definition) is 8. The summed E-state index contributed by atoms with van der Waals surface area (Å²) in [4.78, 5) is 37.1. The molecule has 0 aliphatic carbocycles. The Kier molecular flexibility index (Phi) is 13.1. The van der Waals surface area contributed by atoms with Crippen molar-refractivity contribution in [2.45, 2.75) is 0 Å². The first-order chi connectivity index (χ1) is 46.6. The Morgan fingerprint density at radius 1 is 0.223 bits per heavy atom. The highest BCUT2D eigenvalue weighted by Gasteiger charge is 2.43. The Morgan fingerprint density at radius 2 is 0.617 bits per heavy atom. The Labute approximate surface area is 544 Å². The zero-order valence-electron chi connectivity index (χ0n) is 50.8. The topological polar surface area (TPSA) is 88.7 Å². The molecule has 438 valence electrons. The molecule has 0 saturated heterocycles. The van der Waals surface area contributed by atoms with Gasteiger partial charge in [0.1, 0.15) is 0 Å². The van der Waals surface area contributed by atoms with E-state index in [-0.39, 0.29) is 6.71 Å². The van der Waals surface area contributed by atoms with Crippen LogP contribution in [0.4, 0.5) is 34.1 Å². The SMILES string of the molecule is c1ccc(-c2ccc3c(c2)c2ccccc2n3-c2ccc(-c3nc(-c4ccccc4)nc(-c4ccccc4)n3)cc2-c2nc(-c3ccccc3)nc(-c3cccc(-c4cc5c6c(c4)N(c4ccccc4)c4ccccc4B6c4ccccc4N5c4ccccc4)c3)n2)cc1. The molecule has 0 bridgehead atoms. The number of nitrogens with zero attached hydrogens (tertiary/aromatic N) is 9. The van der Waals surface area contributed by atoms with E-state index in [1.165, 1.54) is 16.4 Å². The summed E-state index contributed by atoms with van der Waals surface area (Å²) in [6.45, 7) is -0.0163. The molecular weight excluding hydrogens is 1150 g/mol. The molecule has 5 heterocycles. The van der Waals surface area contributed by atoms with Crippen LogP contribution in [0.1, 0.15) is 0 Å². The third-order valence-corrected chi connectivity index (χ3v) is 18.3. The smallest absolute Gasteiger partial charge is 0.252 e. The fraction of sp³-hybridized carbons (Fsp3) is 0. The molecule has 16 aromatic rings. The molecule has 2 aliphatic heterocycles. The van der Waals surface area contributed by atoms with Crippen LogP contribution in [0.3, 0.4) is 0 Å². The Hall–Kier alpha value is -12.7. The lowest BCUT2D eigenvalue weighted by Gasteiger charge is -2.44. The molecule has 3 aromatic heterocycles. The molecule has 0 atom stereocenters. The minimum Gasteiger partial charge on any atom is -0.311 e. The van der Waals surface area contributed by atoms with Crippen LogP contribution in [0, 0.1) is 0 Å². The fourth-order valence-electron chi connectivity index (χ4n) is 14.0. The average molecular weight is 1200 g/mol. The predicted octanol–water partition coefficient (Wildman–Crippen LogP) is 18.6. The molecule has 18 rings (SSSR count). The lowest BCUT2D eigenvalue weighted by molar-refractivity contribution is 1.06. The van der Waals surface area contributed by atoms with Gasteiger partial charge in [-0.25, -0.2) is 29.9 Å². The summed E-state index contributed by atoms with van der Waals surface area (Å²) in [7, 11) is 0. The van der Waals surface area contributed by atoms with Crippen LogP contribution in [0.25, 0.3) is 118 Å². The van der Waals surface area contributed by atoms with E-state index in [4.69, 9.17) is 29.9 Å². The highest BCUT2D eigenvalue weighted by molar-refractivity contribution is 7.00. The third kappa shape index (κ3) is 9.34. The molecule has 0 unspecified atom stereocenters.